The molecule has 3 aliphatic rings. The Hall–Kier alpha value is -4.26. The molecule has 1 aliphatic heterocycles. The number of ketones is 4. The second-order valence-electron chi connectivity index (χ2n) is 10.0. The summed E-state index contributed by atoms with van der Waals surface area (Å²) in [7, 11) is 0. The fourth-order valence-corrected chi connectivity index (χ4v) is 6.78. The first kappa shape index (κ1) is 23.8. The molecule has 0 N–H and O–H groups in total. The van der Waals surface area contributed by atoms with Crippen molar-refractivity contribution >= 4 is 34.7 Å². The highest BCUT2D eigenvalue weighted by Gasteiger charge is 2.79. The highest BCUT2D eigenvalue weighted by molar-refractivity contribution is 6.37. The monoisotopic (exact) mass is 536 g/mol. The molecule has 0 amide bonds. The van der Waals surface area contributed by atoms with Gasteiger partial charge < -0.3 is 4.74 Å². The van der Waals surface area contributed by atoms with Crippen LogP contribution in [0.3, 0.4) is 0 Å². The molecule has 39 heavy (non-hydrogen) atoms. The summed E-state index contributed by atoms with van der Waals surface area (Å²) >= 11 is 6.15. The summed E-state index contributed by atoms with van der Waals surface area (Å²) in [4.78, 5) is 57.6. The molecule has 7 rings (SSSR count). The fourth-order valence-electron chi connectivity index (χ4n) is 6.65. The Morgan fingerprint density at radius 3 is 1.64 bits per heavy atom. The van der Waals surface area contributed by atoms with Crippen molar-refractivity contribution < 1.29 is 28.3 Å². The summed E-state index contributed by atoms with van der Waals surface area (Å²) in [6.07, 6.45) is -1.34. The zero-order valence-electron chi connectivity index (χ0n) is 20.2. The fraction of sp³-hybridized carbons (Fsp3) is 0.125. The van der Waals surface area contributed by atoms with E-state index >= 15 is 0 Å². The first-order chi connectivity index (χ1) is 18.8. The molecule has 0 unspecified atom stereocenters. The molecule has 2 atom stereocenters. The Morgan fingerprint density at radius 1 is 0.615 bits per heavy atom. The van der Waals surface area contributed by atoms with E-state index in [2.05, 4.69) is 0 Å². The second-order valence-corrected chi connectivity index (χ2v) is 10.5. The van der Waals surface area contributed by atoms with Crippen molar-refractivity contribution in [2.75, 3.05) is 0 Å². The quantitative estimate of drug-likeness (QED) is 0.284. The lowest BCUT2D eigenvalue weighted by Crippen LogP contribution is -2.51. The lowest BCUT2D eigenvalue weighted by atomic mass is 9.60. The number of Topliss-reactive ketones (excluding diaryl/α,β-unsaturated/α-hetero) is 4. The molecule has 1 fully saturated rings. The molecule has 0 radical (unpaired) electrons. The number of fused-ring (bicyclic) bond motifs is 2. The van der Waals surface area contributed by atoms with E-state index in [9.17, 15) is 23.6 Å². The molecule has 7 heteroatoms. The van der Waals surface area contributed by atoms with Gasteiger partial charge in [-0.2, -0.15) is 0 Å². The van der Waals surface area contributed by atoms with E-state index in [4.69, 9.17) is 16.3 Å². The standard InChI is InChI=1S/C32H18ClFO5/c33-19-14-12-17(13-15-19)30-31(26(35)21-8-1-2-9-22(21)27(31)36)25(18-6-5-7-20(34)16-18)32(39-30)28(37)23-10-3-4-11-24(23)29(32)38/h1-16,25,30H/t25-,30+/m0/s1. The minimum atomic E-state index is -2.27. The van der Waals surface area contributed by atoms with Gasteiger partial charge in [-0.25, -0.2) is 4.39 Å². The summed E-state index contributed by atoms with van der Waals surface area (Å²) in [5, 5.41) is 0.412. The van der Waals surface area contributed by atoms with Gasteiger partial charge in [0, 0.05) is 27.3 Å². The number of carbonyl (C=O) groups excluding carboxylic acids is 4. The van der Waals surface area contributed by atoms with Gasteiger partial charge in [0.05, 0.1) is 5.92 Å². The lowest BCUT2D eigenvalue weighted by molar-refractivity contribution is -0.0210. The van der Waals surface area contributed by atoms with Crippen molar-refractivity contribution in [3.05, 3.63) is 141 Å². The highest BCUT2D eigenvalue weighted by Crippen LogP contribution is 2.67. The maximum Gasteiger partial charge on any atom is 0.204 e. The molecule has 4 aromatic rings. The molecule has 5 nitrogen and oxygen atoms in total. The van der Waals surface area contributed by atoms with E-state index in [1.54, 1.807) is 60.7 Å². The van der Waals surface area contributed by atoms with Crippen LogP contribution in [0.1, 0.15) is 64.6 Å². The summed E-state index contributed by atoms with van der Waals surface area (Å²) in [6, 6.07) is 24.4. The van der Waals surface area contributed by atoms with Crippen molar-refractivity contribution in [2.24, 2.45) is 5.41 Å². The van der Waals surface area contributed by atoms with Gasteiger partial charge in [0.2, 0.25) is 17.2 Å². The topological polar surface area (TPSA) is 77.5 Å². The molecule has 4 aromatic carbocycles. The molecule has 0 saturated carbocycles. The van der Waals surface area contributed by atoms with Gasteiger partial charge in [0.25, 0.3) is 0 Å². The minimum Gasteiger partial charge on any atom is -0.348 e. The Balaban J connectivity index is 1.60. The van der Waals surface area contributed by atoms with Gasteiger partial charge in [0.15, 0.2) is 11.6 Å². The van der Waals surface area contributed by atoms with Crippen molar-refractivity contribution in [1.82, 2.24) is 0 Å². The highest BCUT2D eigenvalue weighted by atomic mass is 35.5. The first-order valence-corrected chi connectivity index (χ1v) is 12.8. The van der Waals surface area contributed by atoms with Crippen LogP contribution in [0.2, 0.25) is 5.02 Å². The lowest BCUT2D eigenvalue weighted by Gasteiger charge is -2.34. The predicted molar refractivity (Wildman–Crippen MR) is 140 cm³/mol. The average molecular weight is 537 g/mol. The maximum absolute atomic E-state index is 14.8. The zero-order valence-corrected chi connectivity index (χ0v) is 20.9. The zero-order chi connectivity index (χ0) is 27.1. The van der Waals surface area contributed by atoms with Crippen LogP contribution in [0, 0.1) is 11.2 Å². The molecule has 0 bridgehead atoms. The van der Waals surface area contributed by atoms with E-state index in [1.165, 1.54) is 30.3 Å². The normalized spacial score (nSPS) is 22.1. The summed E-state index contributed by atoms with van der Waals surface area (Å²) in [5.74, 6) is -4.56. The largest absolute Gasteiger partial charge is 0.348 e. The van der Waals surface area contributed by atoms with E-state index in [0.29, 0.717) is 10.6 Å². The second kappa shape index (κ2) is 8.12. The van der Waals surface area contributed by atoms with Crippen molar-refractivity contribution in [3.8, 4) is 0 Å². The molecule has 1 heterocycles. The number of hydrogen-bond acceptors (Lipinski definition) is 5. The number of hydrogen-bond donors (Lipinski definition) is 0. The summed E-state index contributed by atoms with van der Waals surface area (Å²) in [5.41, 5.74) is -3.19. The van der Waals surface area contributed by atoms with Crippen LogP contribution in [0.5, 0.6) is 0 Å². The van der Waals surface area contributed by atoms with Crippen LogP contribution in [0.15, 0.2) is 97.1 Å². The van der Waals surface area contributed by atoms with Crippen molar-refractivity contribution in [2.45, 2.75) is 17.6 Å². The van der Waals surface area contributed by atoms with Gasteiger partial charge in [-0.05, 0) is 35.4 Å². The third kappa shape index (κ3) is 2.87. The Morgan fingerprint density at radius 2 is 1.13 bits per heavy atom. The van der Waals surface area contributed by atoms with Crippen LogP contribution in [0.25, 0.3) is 0 Å². The van der Waals surface area contributed by atoms with Gasteiger partial charge in [-0.1, -0.05) is 84.4 Å². The maximum atomic E-state index is 14.8. The Bertz CT molecular complexity index is 1690. The summed E-state index contributed by atoms with van der Waals surface area (Å²) in [6.45, 7) is 0. The van der Waals surface area contributed by atoms with E-state index in [-0.39, 0.29) is 27.8 Å². The first-order valence-electron chi connectivity index (χ1n) is 12.4. The predicted octanol–water partition coefficient (Wildman–Crippen LogP) is 6.22. The molecule has 190 valence electrons. The van der Waals surface area contributed by atoms with E-state index < -0.39 is 52.0 Å². The van der Waals surface area contributed by atoms with Gasteiger partial charge in [-0.15, -0.1) is 0 Å². The SMILES string of the molecule is O=C1c2ccccc2C(=O)C12O[C@H](c1ccc(Cl)cc1)C1(C(=O)c3ccccc3C1=O)[C@@H]2c1cccc(F)c1. The summed E-state index contributed by atoms with van der Waals surface area (Å²) < 4.78 is 21.3. The van der Waals surface area contributed by atoms with Crippen LogP contribution in [-0.4, -0.2) is 28.7 Å². The van der Waals surface area contributed by atoms with Crippen LogP contribution >= 0.6 is 11.6 Å². The molecule has 0 aromatic heterocycles. The van der Waals surface area contributed by atoms with Crippen molar-refractivity contribution in [3.63, 3.8) is 0 Å². The van der Waals surface area contributed by atoms with Crippen LogP contribution in [0.4, 0.5) is 4.39 Å². The third-order valence-electron chi connectivity index (χ3n) is 8.19. The number of ether oxygens (including phenoxy) is 1. The van der Waals surface area contributed by atoms with E-state index in [0.717, 1.165) is 6.07 Å². The molecule has 2 spiro atoms. The van der Waals surface area contributed by atoms with Crippen LogP contribution in [-0.2, 0) is 4.74 Å². The average Bonchev–Trinajstić information content (AvgIpc) is 3.47. The van der Waals surface area contributed by atoms with Gasteiger partial charge in [0.1, 0.15) is 17.3 Å². The van der Waals surface area contributed by atoms with Crippen LogP contribution < -0.4 is 0 Å². The number of carbonyl (C=O) groups is 4. The smallest absolute Gasteiger partial charge is 0.204 e. The molecular weight excluding hydrogens is 519 g/mol. The molecule has 1 saturated heterocycles. The van der Waals surface area contributed by atoms with Crippen molar-refractivity contribution in [1.29, 1.82) is 0 Å². The molecular formula is C32H18ClFO5. The van der Waals surface area contributed by atoms with Gasteiger partial charge in [-0.3, -0.25) is 19.2 Å². The molecule has 2 aliphatic carbocycles. The Labute approximate surface area is 227 Å². The van der Waals surface area contributed by atoms with Gasteiger partial charge >= 0.3 is 0 Å². The number of benzene rings is 4. The van der Waals surface area contributed by atoms with E-state index in [1.807, 2.05) is 0 Å². The third-order valence-corrected chi connectivity index (χ3v) is 8.44. The number of rotatable bonds is 2. The Kier molecular flexibility index (Phi) is 4.96. The minimum absolute atomic E-state index is 0.131. The number of halogens is 2.